The molecule has 3 aromatic rings. The number of fused-ring (bicyclic) bond motifs is 1. The number of carbonyl (C=O) groups excluding carboxylic acids is 2. The maximum atomic E-state index is 13.8. The number of carbonyl (C=O) groups is 2. The molecule has 0 saturated heterocycles. The summed E-state index contributed by atoms with van der Waals surface area (Å²) in [6, 6.07) is 9.98. The van der Waals surface area contributed by atoms with Crippen molar-refractivity contribution in [2.75, 3.05) is 11.9 Å². The topological polar surface area (TPSA) is 90.3 Å². The van der Waals surface area contributed by atoms with E-state index in [2.05, 4.69) is 10.4 Å². The molecule has 0 atom stereocenters. The Labute approximate surface area is 170 Å². The Balaban J connectivity index is 1.80. The number of rotatable bonds is 5. The Morgan fingerprint density at radius 3 is 2.55 bits per heavy atom. The number of ether oxygens (including phenoxy) is 1. The zero-order valence-electron chi connectivity index (χ0n) is 15.6. The maximum Gasteiger partial charge on any atom is 0.359 e. The molecule has 1 amide bonds. The van der Waals surface area contributed by atoms with Crippen LogP contribution in [0.25, 0.3) is 10.8 Å². The van der Waals surface area contributed by atoms with Gasteiger partial charge in [0.25, 0.3) is 11.5 Å². The number of amides is 1. The van der Waals surface area contributed by atoms with Crippen molar-refractivity contribution in [3.63, 3.8) is 0 Å². The van der Waals surface area contributed by atoms with Crippen LogP contribution in [0.4, 0.5) is 10.1 Å². The molecule has 0 saturated carbocycles. The Morgan fingerprint density at radius 1 is 1.21 bits per heavy atom. The first-order chi connectivity index (χ1) is 13.8. The second-order valence-corrected chi connectivity index (χ2v) is 6.92. The van der Waals surface area contributed by atoms with Crippen molar-refractivity contribution in [2.45, 2.75) is 19.9 Å². The van der Waals surface area contributed by atoms with Gasteiger partial charge in [0.2, 0.25) is 0 Å². The highest BCUT2D eigenvalue weighted by atomic mass is 35.5. The third-order valence-electron chi connectivity index (χ3n) is 4.05. The van der Waals surface area contributed by atoms with E-state index in [-0.39, 0.29) is 28.0 Å². The number of nitrogens with zero attached hydrogens (tertiary/aromatic N) is 2. The van der Waals surface area contributed by atoms with Crippen LogP contribution in [0.1, 0.15) is 30.4 Å². The fourth-order valence-electron chi connectivity index (χ4n) is 2.68. The third kappa shape index (κ3) is 4.43. The predicted molar refractivity (Wildman–Crippen MR) is 107 cm³/mol. The molecule has 0 aliphatic carbocycles. The summed E-state index contributed by atoms with van der Waals surface area (Å²) in [4.78, 5) is 37.1. The molecule has 0 fully saturated rings. The highest BCUT2D eigenvalue weighted by molar-refractivity contribution is 6.30. The molecule has 1 heterocycles. The standard InChI is InChI=1S/C20H17ClFN3O4/c1-11(2)25-19(27)14-6-4-3-5-13(14)18(24-25)20(28)29-10-17(26)23-16-8-7-12(21)9-15(16)22/h3-9,11H,10H2,1-2H3,(H,23,26). The minimum atomic E-state index is -0.873. The minimum Gasteiger partial charge on any atom is -0.451 e. The first-order valence-electron chi connectivity index (χ1n) is 8.71. The van der Waals surface area contributed by atoms with Gasteiger partial charge in [-0.15, -0.1) is 0 Å². The van der Waals surface area contributed by atoms with Gasteiger partial charge >= 0.3 is 5.97 Å². The van der Waals surface area contributed by atoms with Crippen LogP contribution in [0.5, 0.6) is 0 Å². The fourth-order valence-corrected chi connectivity index (χ4v) is 2.84. The predicted octanol–water partition coefficient (Wildman–Crippen LogP) is 3.57. The Kier molecular flexibility index (Phi) is 5.93. The average Bonchev–Trinajstić information content (AvgIpc) is 2.68. The van der Waals surface area contributed by atoms with Crippen LogP contribution in [0, 0.1) is 5.82 Å². The van der Waals surface area contributed by atoms with Gasteiger partial charge in [0, 0.05) is 10.4 Å². The van der Waals surface area contributed by atoms with E-state index in [1.54, 1.807) is 38.1 Å². The maximum absolute atomic E-state index is 13.8. The minimum absolute atomic E-state index is 0.0839. The largest absolute Gasteiger partial charge is 0.451 e. The van der Waals surface area contributed by atoms with Crippen molar-refractivity contribution in [2.24, 2.45) is 0 Å². The molecule has 150 valence electrons. The number of anilines is 1. The average molecular weight is 418 g/mol. The lowest BCUT2D eigenvalue weighted by Gasteiger charge is -2.13. The van der Waals surface area contributed by atoms with Crippen molar-refractivity contribution in [1.29, 1.82) is 0 Å². The number of nitrogens with one attached hydrogen (secondary N) is 1. The molecule has 1 aromatic heterocycles. The molecule has 0 aliphatic heterocycles. The van der Waals surface area contributed by atoms with Crippen molar-refractivity contribution in [3.05, 3.63) is 69.4 Å². The third-order valence-corrected chi connectivity index (χ3v) is 4.29. The van der Waals surface area contributed by atoms with Gasteiger partial charge in [0.05, 0.1) is 17.1 Å². The molecular weight excluding hydrogens is 401 g/mol. The number of benzene rings is 2. The summed E-state index contributed by atoms with van der Waals surface area (Å²) in [6.07, 6.45) is 0. The van der Waals surface area contributed by atoms with Gasteiger partial charge in [0.1, 0.15) is 5.82 Å². The second-order valence-electron chi connectivity index (χ2n) is 6.49. The van der Waals surface area contributed by atoms with Gasteiger partial charge in [-0.25, -0.2) is 13.9 Å². The van der Waals surface area contributed by atoms with Crippen molar-refractivity contribution < 1.29 is 18.7 Å². The van der Waals surface area contributed by atoms with Crippen LogP contribution in [0.15, 0.2) is 47.3 Å². The Morgan fingerprint density at radius 2 is 1.90 bits per heavy atom. The molecule has 29 heavy (non-hydrogen) atoms. The number of hydrogen-bond donors (Lipinski definition) is 1. The molecule has 0 radical (unpaired) electrons. The summed E-state index contributed by atoms with van der Waals surface area (Å²) in [5.74, 6) is -2.32. The second kappa shape index (κ2) is 8.40. The molecule has 2 aromatic carbocycles. The zero-order valence-corrected chi connectivity index (χ0v) is 16.4. The summed E-state index contributed by atoms with van der Waals surface area (Å²) in [5, 5.41) is 7.23. The number of esters is 1. The quantitative estimate of drug-likeness (QED) is 0.641. The highest BCUT2D eigenvalue weighted by Crippen LogP contribution is 2.19. The van der Waals surface area contributed by atoms with Crippen LogP contribution in [-0.4, -0.2) is 28.3 Å². The molecule has 0 aliphatic rings. The number of halogens is 2. The summed E-state index contributed by atoms with van der Waals surface area (Å²) in [6.45, 7) is 2.86. The summed E-state index contributed by atoms with van der Waals surface area (Å²) in [5.41, 5.74) is -0.505. The Bertz CT molecular complexity index is 1160. The molecule has 0 spiro atoms. The lowest BCUT2D eigenvalue weighted by atomic mass is 10.1. The molecule has 0 bridgehead atoms. The fraction of sp³-hybridized carbons (Fsp3) is 0.200. The van der Waals surface area contributed by atoms with Crippen LogP contribution in [0.3, 0.4) is 0 Å². The summed E-state index contributed by atoms with van der Waals surface area (Å²) < 4.78 is 20.0. The van der Waals surface area contributed by atoms with Crippen molar-refractivity contribution in [1.82, 2.24) is 9.78 Å². The van der Waals surface area contributed by atoms with Gasteiger partial charge in [-0.3, -0.25) is 9.59 Å². The van der Waals surface area contributed by atoms with Gasteiger partial charge in [-0.2, -0.15) is 5.10 Å². The summed E-state index contributed by atoms with van der Waals surface area (Å²) in [7, 11) is 0. The molecule has 1 N–H and O–H groups in total. The van der Waals surface area contributed by atoms with E-state index in [4.69, 9.17) is 16.3 Å². The van der Waals surface area contributed by atoms with Crippen LogP contribution in [0.2, 0.25) is 5.02 Å². The SMILES string of the molecule is CC(C)n1nc(C(=O)OCC(=O)Nc2ccc(Cl)cc2F)c2ccccc2c1=O. The monoisotopic (exact) mass is 417 g/mol. The van der Waals surface area contributed by atoms with Crippen molar-refractivity contribution >= 4 is 39.9 Å². The van der Waals surface area contributed by atoms with E-state index in [1.807, 2.05) is 0 Å². The lowest BCUT2D eigenvalue weighted by molar-refractivity contribution is -0.119. The van der Waals surface area contributed by atoms with Gasteiger partial charge < -0.3 is 10.1 Å². The molecular formula is C20H17ClFN3O4. The molecule has 9 heteroatoms. The lowest BCUT2D eigenvalue weighted by Crippen LogP contribution is -2.29. The van der Waals surface area contributed by atoms with Gasteiger partial charge in [0.15, 0.2) is 12.3 Å². The molecule has 0 unspecified atom stereocenters. The normalized spacial score (nSPS) is 10.9. The number of aromatic nitrogens is 2. The highest BCUT2D eigenvalue weighted by Gasteiger charge is 2.20. The first-order valence-corrected chi connectivity index (χ1v) is 9.09. The van der Waals surface area contributed by atoms with Crippen molar-refractivity contribution in [3.8, 4) is 0 Å². The van der Waals surface area contributed by atoms with E-state index in [9.17, 15) is 18.8 Å². The van der Waals surface area contributed by atoms with E-state index < -0.39 is 24.3 Å². The van der Waals surface area contributed by atoms with E-state index in [1.165, 1.54) is 16.8 Å². The van der Waals surface area contributed by atoms with E-state index in [0.717, 1.165) is 6.07 Å². The number of hydrogen-bond acceptors (Lipinski definition) is 5. The zero-order chi connectivity index (χ0) is 21.1. The van der Waals surface area contributed by atoms with Crippen LogP contribution < -0.4 is 10.9 Å². The van der Waals surface area contributed by atoms with E-state index >= 15 is 0 Å². The Hall–Kier alpha value is -3.26. The van der Waals surface area contributed by atoms with Crippen LogP contribution in [-0.2, 0) is 9.53 Å². The van der Waals surface area contributed by atoms with Gasteiger partial charge in [-0.05, 0) is 38.1 Å². The molecule has 7 nitrogen and oxygen atoms in total. The van der Waals surface area contributed by atoms with Gasteiger partial charge in [-0.1, -0.05) is 29.8 Å². The smallest absolute Gasteiger partial charge is 0.359 e. The van der Waals surface area contributed by atoms with Crippen LogP contribution >= 0.6 is 11.6 Å². The van der Waals surface area contributed by atoms with E-state index in [0.29, 0.717) is 10.8 Å². The first kappa shape index (κ1) is 20.5. The summed E-state index contributed by atoms with van der Waals surface area (Å²) >= 11 is 5.66. The molecule has 3 rings (SSSR count).